The standard InChI is InChI=1S/C18H26ClN3O3/c1-12-10-15(14(19)11-17(12)22(24)25)20-13-6-8-21(9-7-13)16-4-2-3-5-18(16)23/h10-11,13,16,18,20,23H,2-9H2,1H3. The van der Waals surface area contributed by atoms with Gasteiger partial charge in [-0.15, -0.1) is 0 Å². The van der Waals surface area contributed by atoms with Crippen LogP contribution in [-0.4, -0.2) is 46.2 Å². The van der Waals surface area contributed by atoms with Crippen LogP contribution in [0.15, 0.2) is 12.1 Å². The first-order valence-electron chi connectivity index (χ1n) is 9.09. The van der Waals surface area contributed by atoms with Crippen molar-refractivity contribution in [2.45, 2.75) is 63.6 Å². The van der Waals surface area contributed by atoms with Crippen LogP contribution in [0.1, 0.15) is 44.1 Å². The van der Waals surface area contributed by atoms with Crippen molar-refractivity contribution in [1.29, 1.82) is 0 Å². The topological polar surface area (TPSA) is 78.6 Å². The number of hydrogen-bond acceptors (Lipinski definition) is 5. The zero-order valence-electron chi connectivity index (χ0n) is 14.6. The van der Waals surface area contributed by atoms with Crippen LogP contribution in [0.2, 0.25) is 5.02 Å². The number of nitro groups is 1. The molecule has 0 bridgehead atoms. The molecule has 2 unspecified atom stereocenters. The third-order valence-electron chi connectivity index (χ3n) is 5.53. The molecule has 3 rings (SSSR count). The lowest BCUT2D eigenvalue weighted by Crippen LogP contribution is -2.50. The summed E-state index contributed by atoms with van der Waals surface area (Å²) in [5.41, 5.74) is 1.43. The number of hydrogen-bond donors (Lipinski definition) is 2. The van der Waals surface area contributed by atoms with Crippen molar-refractivity contribution >= 4 is 23.0 Å². The average Bonchev–Trinajstić information content (AvgIpc) is 2.59. The van der Waals surface area contributed by atoms with Crippen LogP contribution in [-0.2, 0) is 0 Å². The van der Waals surface area contributed by atoms with Gasteiger partial charge >= 0.3 is 0 Å². The first-order chi connectivity index (χ1) is 12.0. The number of halogens is 1. The molecule has 25 heavy (non-hydrogen) atoms. The van der Waals surface area contributed by atoms with Gasteiger partial charge in [0.15, 0.2) is 0 Å². The van der Waals surface area contributed by atoms with E-state index in [0.29, 0.717) is 22.7 Å². The van der Waals surface area contributed by atoms with Crippen molar-refractivity contribution in [2.24, 2.45) is 0 Å². The summed E-state index contributed by atoms with van der Waals surface area (Å²) in [6, 6.07) is 3.79. The molecule has 1 aromatic carbocycles. The molecule has 2 atom stereocenters. The maximum absolute atomic E-state index is 11.0. The monoisotopic (exact) mass is 367 g/mol. The Morgan fingerprint density at radius 2 is 1.92 bits per heavy atom. The first kappa shape index (κ1) is 18.4. The van der Waals surface area contributed by atoms with E-state index in [9.17, 15) is 15.2 Å². The zero-order chi connectivity index (χ0) is 18.0. The Morgan fingerprint density at radius 1 is 1.24 bits per heavy atom. The zero-order valence-corrected chi connectivity index (χ0v) is 15.3. The molecule has 0 aromatic heterocycles. The van der Waals surface area contributed by atoms with E-state index < -0.39 is 4.92 Å². The normalized spacial score (nSPS) is 25.7. The molecule has 7 heteroatoms. The summed E-state index contributed by atoms with van der Waals surface area (Å²) in [7, 11) is 0. The van der Waals surface area contributed by atoms with Gasteiger partial charge in [0.1, 0.15) is 0 Å². The van der Waals surface area contributed by atoms with Gasteiger partial charge in [0, 0.05) is 36.8 Å². The number of anilines is 1. The van der Waals surface area contributed by atoms with Crippen LogP contribution in [0.5, 0.6) is 0 Å². The Hall–Kier alpha value is -1.37. The van der Waals surface area contributed by atoms with Crippen molar-refractivity contribution < 1.29 is 10.0 Å². The molecule has 138 valence electrons. The van der Waals surface area contributed by atoms with Crippen molar-refractivity contribution in [1.82, 2.24) is 4.90 Å². The number of nitrogens with zero attached hydrogens (tertiary/aromatic N) is 2. The Balaban J connectivity index is 1.59. The maximum atomic E-state index is 11.0. The fourth-order valence-corrected chi connectivity index (χ4v) is 4.30. The van der Waals surface area contributed by atoms with E-state index >= 15 is 0 Å². The number of aryl methyl sites for hydroxylation is 1. The number of likely N-dealkylation sites (tertiary alicyclic amines) is 1. The van der Waals surface area contributed by atoms with Crippen molar-refractivity contribution in [3.63, 3.8) is 0 Å². The lowest BCUT2D eigenvalue weighted by molar-refractivity contribution is -0.385. The van der Waals surface area contributed by atoms with Gasteiger partial charge in [-0.05, 0) is 38.7 Å². The first-order valence-corrected chi connectivity index (χ1v) is 9.46. The van der Waals surface area contributed by atoms with E-state index in [1.165, 1.54) is 12.5 Å². The van der Waals surface area contributed by atoms with E-state index in [4.69, 9.17) is 11.6 Å². The lowest BCUT2D eigenvalue weighted by Gasteiger charge is -2.41. The van der Waals surface area contributed by atoms with E-state index in [1.807, 2.05) is 0 Å². The quantitative estimate of drug-likeness (QED) is 0.626. The summed E-state index contributed by atoms with van der Waals surface area (Å²) in [5, 5.41) is 25.1. The van der Waals surface area contributed by atoms with Crippen LogP contribution in [0, 0.1) is 17.0 Å². The maximum Gasteiger partial charge on any atom is 0.273 e. The highest BCUT2D eigenvalue weighted by Gasteiger charge is 2.31. The fraction of sp³-hybridized carbons (Fsp3) is 0.667. The summed E-state index contributed by atoms with van der Waals surface area (Å²) >= 11 is 6.22. The molecule has 1 saturated carbocycles. The summed E-state index contributed by atoms with van der Waals surface area (Å²) in [5.74, 6) is 0. The predicted molar refractivity (Wildman–Crippen MR) is 99.3 cm³/mol. The van der Waals surface area contributed by atoms with E-state index in [-0.39, 0.29) is 11.8 Å². The molecule has 6 nitrogen and oxygen atoms in total. The van der Waals surface area contributed by atoms with E-state index in [0.717, 1.165) is 50.9 Å². The smallest absolute Gasteiger partial charge is 0.273 e. The number of nitro benzene ring substituents is 1. The van der Waals surface area contributed by atoms with Crippen molar-refractivity contribution in [2.75, 3.05) is 18.4 Å². The molecule has 1 heterocycles. The minimum absolute atomic E-state index is 0.0525. The molecule has 0 amide bonds. The number of benzene rings is 1. The number of rotatable bonds is 4. The molecule has 2 N–H and O–H groups in total. The minimum Gasteiger partial charge on any atom is -0.391 e. The van der Waals surface area contributed by atoms with Gasteiger partial charge in [0.05, 0.1) is 21.7 Å². The second kappa shape index (κ2) is 7.89. The van der Waals surface area contributed by atoms with Gasteiger partial charge in [-0.3, -0.25) is 15.0 Å². The summed E-state index contributed by atoms with van der Waals surface area (Å²) in [6.45, 7) is 3.65. The summed E-state index contributed by atoms with van der Waals surface area (Å²) in [6.07, 6.45) is 6.12. The second-order valence-corrected chi connectivity index (χ2v) is 7.66. The fourth-order valence-electron chi connectivity index (χ4n) is 4.09. The van der Waals surface area contributed by atoms with Gasteiger partial charge in [-0.1, -0.05) is 24.4 Å². The molecule has 0 radical (unpaired) electrons. The number of piperidine rings is 1. The molecular formula is C18H26ClN3O3. The van der Waals surface area contributed by atoms with Crippen molar-refractivity contribution in [3.05, 3.63) is 32.8 Å². The third kappa shape index (κ3) is 4.25. The van der Waals surface area contributed by atoms with E-state index in [2.05, 4.69) is 10.2 Å². The SMILES string of the molecule is Cc1cc(NC2CCN(C3CCCCC3O)CC2)c(Cl)cc1[N+](=O)[O-]. The predicted octanol–water partition coefficient (Wildman–Crippen LogP) is 3.74. The van der Waals surface area contributed by atoms with Gasteiger partial charge < -0.3 is 10.4 Å². The van der Waals surface area contributed by atoms with Crippen LogP contribution >= 0.6 is 11.6 Å². The largest absolute Gasteiger partial charge is 0.391 e. The number of aliphatic hydroxyl groups is 1. The molecule has 0 spiro atoms. The third-order valence-corrected chi connectivity index (χ3v) is 5.85. The second-order valence-electron chi connectivity index (χ2n) is 7.25. The Kier molecular flexibility index (Phi) is 5.81. The van der Waals surface area contributed by atoms with Gasteiger partial charge in [-0.2, -0.15) is 0 Å². The van der Waals surface area contributed by atoms with E-state index in [1.54, 1.807) is 13.0 Å². The van der Waals surface area contributed by atoms with Crippen LogP contribution in [0.3, 0.4) is 0 Å². The van der Waals surface area contributed by atoms with Crippen LogP contribution < -0.4 is 5.32 Å². The van der Waals surface area contributed by atoms with Gasteiger partial charge in [-0.25, -0.2) is 0 Å². The highest BCUT2D eigenvalue weighted by atomic mass is 35.5. The molecule has 1 aliphatic heterocycles. The lowest BCUT2D eigenvalue weighted by atomic mass is 9.89. The summed E-state index contributed by atoms with van der Waals surface area (Å²) in [4.78, 5) is 13.0. The van der Waals surface area contributed by atoms with Crippen LogP contribution in [0.25, 0.3) is 0 Å². The van der Waals surface area contributed by atoms with Crippen LogP contribution in [0.4, 0.5) is 11.4 Å². The Labute approximate surface area is 153 Å². The minimum atomic E-state index is -0.404. The van der Waals surface area contributed by atoms with Gasteiger partial charge in [0.25, 0.3) is 5.69 Å². The Bertz CT molecular complexity index is 632. The highest BCUT2D eigenvalue weighted by molar-refractivity contribution is 6.33. The number of nitrogens with one attached hydrogen (secondary N) is 1. The molecule has 2 fully saturated rings. The average molecular weight is 368 g/mol. The molecular weight excluding hydrogens is 342 g/mol. The highest BCUT2D eigenvalue weighted by Crippen LogP contribution is 2.32. The van der Waals surface area contributed by atoms with Crippen molar-refractivity contribution in [3.8, 4) is 0 Å². The molecule has 1 aromatic rings. The van der Waals surface area contributed by atoms with Gasteiger partial charge in [0.2, 0.25) is 0 Å². The molecule has 1 aliphatic carbocycles. The Morgan fingerprint density at radius 3 is 2.56 bits per heavy atom. The molecule has 1 saturated heterocycles. The number of aliphatic hydroxyl groups excluding tert-OH is 1. The molecule has 2 aliphatic rings. The summed E-state index contributed by atoms with van der Waals surface area (Å²) < 4.78 is 0.